The molecule has 9 heteroatoms. The molecule has 96 valence electrons. The van der Waals surface area contributed by atoms with Crippen molar-refractivity contribution in [2.24, 2.45) is 0 Å². The van der Waals surface area contributed by atoms with Crippen LogP contribution >= 0.6 is 11.6 Å². The van der Waals surface area contributed by atoms with Crippen LogP contribution in [0.1, 0.15) is 17.7 Å². The van der Waals surface area contributed by atoms with E-state index in [1.165, 1.54) is 0 Å². The number of halogens is 6. The number of nitrogens with two attached hydrogens (primary N) is 1. The van der Waals surface area contributed by atoms with Gasteiger partial charge in [-0.3, -0.25) is 0 Å². The highest BCUT2D eigenvalue weighted by molar-refractivity contribution is 6.17. The summed E-state index contributed by atoms with van der Waals surface area (Å²) in [4.78, 5) is 3.23. The Morgan fingerprint density at radius 2 is 2.00 bits per heavy atom. The monoisotopic (exact) mass is 276 g/mol. The van der Waals surface area contributed by atoms with Crippen LogP contribution in [0.2, 0.25) is 0 Å². The van der Waals surface area contributed by atoms with E-state index in [0.29, 0.717) is 6.07 Å². The minimum absolute atomic E-state index is 0.284. The molecule has 0 bridgehead atoms. The zero-order chi connectivity index (χ0) is 13.2. The van der Waals surface area contributed by atoms with Gasteiger partial charge in [-0.25, -0.2) is 13.8 Å². The highest BCUT2D eigenvalue weighted by Gasteiger charge is 2.33. The molecule has 3 nitrogen and oxygen atoms in total. The van der Waals surface area contributed by atoms with Crippen molar-refractivity contribution in [3.63, 3.8) is 0 Å². The molecule has 0 aliphatic carbocycles. The largest absolute Gasteiger partial charge is 0.573 e. The third kappa shape index (κ3) is 3.58. The zero-order valence-corrected chi connectivity index (χ0v) is 8.82. The van der Waals surface area contributed by atoms with E-state index in [1.807, 2.05) is 0 Å². The number of ether oxygens (including phenoxy) is 1. The van der Waals surface area contributed by atoms with Crippen molar-refractivity contribution < 1.29 is 26.7 Å². The fourth-order valence-corrected chi connectivity index (χ4v) is 1.32. The van der Waals surface area contributed by atoms with Crippen molar-refractivity contribution in [3.05, 3.63) is 17.3 Å². The average Bonchev–Trinajstić information content (AvgIpc) is 2.14. The quantitative estimate of drug-likeness (QED) is 0.681. The van der Waals surface area contributed by atoms with Crippen LogP contribution in [0.3, 0.4) is 0 Å². The Kier molecular flexibility index (Phi) is 3.97. The van der Waals surface area contributed by atoms with Gasteiger partial charge in [0.05, 0.1) is 11.4 Å². The molecule has 0 saturated carbocycles. The summed E-state index contributed by atoms with van der Waals surface area (Å²) in [6.45, 7) is 0. The summed E-state index contributed by atoms with van der Waals surface area (Å²) in [5, 5.41) is 0. The van der Waals surface area contributed by atoms with E-state index < -0.39 is 35.9 Å². The van der Waals surface area contributed by atoms with Crippen molar-refractivity contribution in [1.82, 2.24) is 4.98 Å². The van der Waals surface area contributed by atoms with Crippen LogP contribution in [0.4, 0.5) is 27.8 Å². The van der Waals surface area contributed by atoms with Gasteiger partial charge >= 0.3 is 6.36 Å². The van der Waals surface area contributed by atoms with Crippen molar-refractivity contribution in [2.45, 2.75) is 18.7 Å². The summed E-state index contributed by atoms with van der Waals surface area (Å²) < 4.78 is 64.2. The number of hydrogen-bond acceptors (Lipinski definition) is 3. The van der Waals surface area contributed by atoms with Gasteiger partial charge in [-0.2, -0.15) is 0 Å². The van der Waals surface area contributed by atoms with Crippen LogP contribution in [0.25, 0.3) is 0 Å². The van der Waals surface area contributed by atoms with Crippen LogP contribution in [-0.4, -0.2) is 11.3 Å². The van der Waals surface area contributed by atoms with Gasteiger partial charge in [-0.1, -0.05) is 0 Å². The molecule has 0 aromatic carbocycles. The molecule has 0 fully saturated rings. The molecule has 0 atom stereocenters. The van der Waals surface area contributed by atoms with Gasteiger partial charge in [0, 0.05) is 6.07 Å². The van der Waals surface area contributed by atoms with Gasteiger partial charge in [-0.05, 0) is 0 Å². The second-order valence-corrected chi connectivity index (χ2v) is 3.16. The van der Waals surface area contributed by atoms with Crippen LogP contribution in [0.5, 0.6) is 5.75 Å². The third-order valence-corrected chi connectivity index (χ3v) is 1.99. The fraction of sp³-hybridized carbons (Fsp3) is 0.375. The second-order valence-electron chi connectivity index (χ2n) is 2.89. The van der Waals surface area contributed by atoms with E-state index in [1.54, 1.807) is 0 Å². The molecule has 1 aromatic heterocycles. The molecule has 1 rings (SSSR count). The SMILES string of the molecule is Nc1nc(C(F)F)cc(OC(F)(F)F)c1CCl. The Hall–Kier alpha value is -1.31. The van der Waals surface area contributed by atoms with Crippen LogP contribution < -0.4 is 10.5 Å². The summed E-state index contributed by atoms with van der Waals surface area (Å²) in [7, 11) is 0. The van der Waals surface area contributed by atoms with E-state index in [2.05, 4.69) is 9.72 Å². The lowest BCUT2D eigenvalue weighted by atomic mass is 10.2. The smallest absolute Gasteiger partial charge is 0.405 e. The maximum atomic E-state index is 12.3. The number of nitrogen functional groups attached to an aromatic ring is 1. The van der Waals surface area contributed by atoms with Crippen LogP contribution in [0.15, 0.2) is 6.07 Å². The fourth-order valence-electron chi connectivity index (χ4n) is 1.05. The number of pyridine rings is 1. The van der Waals surface area contributed by atoms with E-state index >= 15 is 0 Å². The molecule has 0 amide bonds. The van der Waals surface area contributed by atoms with Gasteiger partial charge in [0.2, 0.25) is 0 Å². The summed E-state index contributed by atoms with van der Waals surface area (Å²) in [5.41, 5.74) is 4.02. The van der Waals surface area contributed by atoms with E-state index in [0.717, 1.165) is 0 Å². The molecular weight excluding hydrogens is 271 g/mol. The Morgan fingerprint density at radius 1 is 1.41 bits per heavy atom. The molecule has 1 aromatic rings. The van der Waals surface area contributed by atoms with Crippen molar-refractivity contribution in [3.8, 4) is 5.75 Å². The average molecular weight is 277 g/mol. The maximum absolute atomic E-state index is 12.3. The van der Waals surface area contributed by atoms with Crippen molar-refractivity contribution in [2.75, 3.05) is 5.73 Å². The Bertz CT molecular complexity index is 410. The lowest BCUT2D eigenvalue weighted by Gasteiger charge is -2.14. The Balaban J connectivity index is 3.24. The molecule has 2 N–H and O–H groups in total. The number of nitrogens with zero attached hydrogens (tertiary/aromatic N) is 1. The van der Waals surface area contributed by atoms with Gasteiger partial charge in [0.1, 0.15) is 17.3 Å². The van der Waals surface area contributed by atoms with Crippen molar-refractivity contribution >= 4 is 17.4 Å². The molecule has 0 aliphatic rings. The first kappa shape index (κ1) is 13.8. The minimum atomic E-state index is -5.02. The highest BCUT2D eigenvalue weighted by Crippen LogP contribution is 2.33. The Labute approximate surface area is 97.3 Å². The standard InChI is InChI=1S/C8H6ClF5N2O/c9-2-3-5(17-8(12,13)14)1-4(6(10)11)16-7(3)15/h1,6H,2H2,(H2,15,16). The number of alkyl halides is 6. The number of anilines is 1. The number of hydrogen-bond donors (Lipinski definition) is 1. The number of aromatic nitrogens is 1. The predicted octanol–water partition coefficient (Wildman–Crippen LogP) is 3.24. The predicted molar refractivity (Wildman–Crippen MR) is 49.8 cm³/mol. The third-order valence-electron chi connectivity index (χ3n) is 1.72. The topological polar surface area (TPSA) is 48.1 Å². The first-order valence-electron chi connectivity index (χ1n) is 4.13. The van der Waals surface area contributed by atoms with Gasteiger partial charge in [0.15, 0.2) is 0 Å². The molecule has 0 unspecified atom stereocenters. The van der Waals surface area contributed by atoms with E-state index in [4.69, 9.17) is 17.3 Å². The van der Waals surface area contributed by atoms with Crippen LogP contribution in [-0.2, 0) is 5.88 Å². The first-order chi connectivity index (χ1) is 7.74. The maximum Gasteiger partial charge on any atom is 0.573 e. The molecular formula is C8H6ClF5N2O. The van der Waals surface area contributed by atoms with Gasteiger partial charge in [-0.15, -0.1) is 24.8 Å². The minimum Gasteiger partial charge on any atom is -0.405 e. The summed E-state index contributed by atoms with van der Waals surface area (Å²) in [6.07, 6.45) is -8.08. The molecule has 17 heavy (non-hydrogen) atoms. The van der Waals surface area contributed by atoms with Crippen molar-refractivity contribution in [1.29, 1.82) is 0 Å². The molecule has 1 heterocycles. The van der Waals surface area contributed by atoms with E-state index in [-0.39, 0.29) is 5.56 Å². The van der Waals surface area contributed by atoms with Gasteiger partial charge < -0.3 is 10.5 Å². The van der Waals surface area contributed by atoms with Crippen LogP contribution in [0, 0.1) is 0 Å². The Morgan fingerprint density at radius 3 is 2.41 bits per heavy atom. The molecule has 0 radical (unpaired) electrons. The second kappa shape index (κ2) is 4.91. The lowest BCUT2D eigenvalue weighted by Crippen LogP contribution is -2.19. The summed E-state index contributed by atoms with van der Waals surface area (Å²) in [5.74, 6) is -1.82. The summed E-state index contributed by atoms with van der Waals surface area (Å²) >= 11 is 5.34. The molecule has 0 aliphatic heterocycles. The molecule has 0 spiro atoms. The van der Waals surface area contributed by atoms with Gasteiger partial charge in [0.25, 0.3) is 6.43 Å². The lowest BCUT2D eigenvalue weighted by molar-refractivity contribution is -0.274. The summed E-state index contributed by atoms with van der Waals surface area (Å²) in [6, 6.07) is 0.465. The normalized spacial score (nSPS) is 11.9. The molecule has 0 saturated heterocycles. The van der Waals surface area contributed by atoms with E-state index in [9.17, 15) is 22.0 Å². The zero-order valence-electron chi connectivity index (χ0n) is 8.06. The highest BCUT2D eigenvalue weighted by atomic mass is 35.5. The first-order valence-corrected chi connectivity index (χ1v) is 4.67. The number of rotatable bonds is 3.